The third-order valence-corrected chi connectivity index (χ3v) is 9.07. The Labute approximate surface area is 263 Å². The van der Waals surface area contributed by atoms with Crippen molar-refractivity contribution in [3.8, 4) is 0 Å². The van der Waals surface area contributed by atoms with Crippen LogP contribution in [0.4, 0.5) is 5.69 Å². The molecule has 0 aliphatic rings. The molecule has 0 bridgehead atoms. The van der Waals surface area contributed by atoms with E-state index in [1.165, 1.54) is 4.31 Å². The van der Waals surface area contributed by atoms with Crippen molar-refractivity contribution in [1.29, 1.82) is 0 Å². The number of halogens is 2. The molecule has 2 atom stereocenters. The first-order valence-electron chi connectivity index (χ1n) is 14.0. The summed E-state index contributed by atoms with van der Waals surface area (Å²) in [6.07, 6.45) is 2.57. The van der Waals surface area contributed by atoms with E-state index in [0.29, 0.717) is 17.1 Å². The number of nitrogens with zero attached hydrogens (tertiary/aromatic N) is 2. The van der Waals surface area contributed by atoms with Gasteiger partial charge in [0.2, 0.25) is 21.8 Å². The van der Waals surface area contributed by atoms with Crippen LogP contribution in [0.1, 0.15) is 49.8 Å². The second-order valence-corrected chi connectivity index (χ2v) is 13.8. The molecule has 0 spiro atoms. The fourth-order valence-electron chi connectivity index (χ4n) is 4.62. The number of aryl methyl sites for hydroxylation is 1. The van der Waals surface area contributed by atoms with Crippen molar-refractivity contribution in [3.63, 3.8) is 0 Å². The Bertz CT molecular complexity index is 1450. The summed E-state index contributed by atoms with van der Waals surface area (Å²) in [5, 5.41) is 3.49. The molecular weight excluding hydrogens is 638 g/mol. The topological polar surface area (TPSA) is 86.8 Å². The highest BCUT2D eigenvalue weighted by Gasteiger charge is 2.31. The van der Waals surface area contributed by atoms with Crippen molar-refractivity contribution < 1.29 is 18.0 Å². The van der Waals surface area contributed by atoms with Crippen molar-refractivity contribution in [2.75, 3.05) is 17.1 Å². The SMILES string of the molecule is CC[C@@H](C)NC(=O)[C@@H](Cc1ccccc1)N(Cc1ccc(Br)cc1)C(=O)CCCN(c1cc(Cl)ccc1C)S(C)(=O)=O. The van der Waals surface area contributed by atoms with Crippen molar-refractivity contribution in [1.82, 2.24) is 10.2 Å². The Morgan fingerprint density at radius 3 is 2.29 bits per heavy atom. The maximum absolute atomic E-state index is 13.9. The molecule has 0 radical (unpaired) electrons. The van der Waals surface area contributed by atoms with Crippen LogP contribution < -0.4 is 9.62 Å². The van der Waals surface area contributed by atoms with Gasteiger partial charge in [0.1, 0.15) is 6.04 Å². The molecule has 0 fully saturated rings. The molecule has 0 unspecified atom stereocenters. The minimum atomic E-state index is -3.63. The average Bonchev–Trinajstić information content (AvgIpc) is 2.95. The molecule has 0 saturated carbocycles. The van der Waals surface area contributed by atoms with Crippen LogP contribution in [0.3, 0.4) is 0 Å². The summed E-state index contributed by atoms with van der Waals surface area (Å²) in [5.74, 6) is -0.444. The molecule has 0 aliphatic heterocycles. The number of rotatable bonds is 14. The van der Waals surface area contributed by atoms with E-state index in [2.05, 4.69) is 21.2 Å². The average molecular weight is 677 g/mol. The van der Waals surface area contributed by atoms with E-state index in [9.17, 15) is 18.0 Å². The van der Waals surface area contributed by atoms with Crippen LogP contribution in [-0.4, -0.2) is 50.0 Å². The lowest BCUT2D eigenvalue weighted by Gasteiger charge is -2.33. The van der Waals surface area contributed by atoms with E-state index in [0.717, 1.165) is 33.8 Å². The molecule has 0 aliphatic carbocycles. The Morgan fingerprint density at radius 1 is 1.00 bits per heavy atom. The minimum Gasteiger partial charge on any atom is -0.352 e. The first kappa shape index (κ1) is 33.6. The van der Waals surface area contributed by atoms with Gasteiger partial charge in [-0.2, -0.15) is 0 Å². The van der Waals surface area contributed by atoms with Gasteiger partial charge in [-0.25, -0.2) is 8.42 Å². The second kappa shape index (κ2) is 15.5. The number of carbonyl (C=O) groups is 2. The number of hydrogen-bond donors (Lipinski definition) is 1. The van der Waals surface area contributed by atoms with Gasteiger partial charge < -0.3 is 10.2 Å². The van der Waals surface area contributed by atoms with E-state index < -0.39 is 16.1 Å². The van der Waals surface area contributed by atoms with E-state index in [1.54, 1.807) is 23.1 Å². The molecule has 1 N–H and O–H groups in total. The van der Waals surface area contributed by atoms with Gasteiger partial charge in [-0.05, 0) is 67.6 Å². The van der Waals surface area contributed by atoms with Crippen molar-refractivity contribution in [2.24, 2.45) is 0 Å². The van der Waals surface area contributed by atoms with Crippen LogP contribution in [0.15, 0.2) is 77.3 Å². The summed E-state index contributed by atoms with van der Waals surface area (Å²) in [6, 6.07) is 21.6. The van der Waals surface area contributed by atoms with Gasteiger partial charge in [-0.3, -0.25) is 13.9 Å². The Hall–Kier alpha value is -2.88. The first-order valence-corrected chi connectivity index (χ1v) is 17.0. The van der Waals surface area contributed by atoms with Gasteiger partial charge >= 0.3 is 0 Å². The minimum absolute atomic E-state index is 0.0512. The molecule has 0 aromatic heterocycles. The molecule has 10 heteroatoms. The third-order valence-electron chi connectivity index (χ3n) is 7.13. The standard InChI is InChI=1S/C32H39BrClN3O4S/c1-5-24(3)35-32(39)30(20-25-10-7-6-8-11-25)36(22-26-14-16-27(33)17-15-26)31(38)12-9-19-37(42(4,40)41)29-21-28(34)18-13-23(29)2/h6-8,10-11,13-18,21,24,30H,5,9,12,19-20,22H2,1-4H3,(H,35,39)/t24-,30-/m1/s1. The fourth-order valence-corrected chi connectivity index (χ4v) is 6.06. The van der Waals surface area contributed by atoms with Gasteiger partial charge in [0.05, 0.1) is 11.9 Å². The second-order valence-electron chi connectivity index (χ2n) is 10.5. The normalized spacial score (nSPS) is 12.8. The van der Waals surface area contributed by atoms with E-state index in [1.807, 2.05) is 75.4 Å². The number of nitrogens with one attached hydrogen (secondary N) is 1. The number of carbonyl (C=O) groups excluding carboxylic acids is 2. The summed E-state index contributed by atoms with van der Waals surface area (Å²) in [7, 11) is -3.63. The van der Waals surface area contributed by atoms with Crippen molar-refractivity contribution in [2.45, 2.75) is 65.1 Å². The zero-order valence-corrected chi connectivity index (χ0v) is 27.7. The lowest BCUT2D eigenvalue weighted by molar-refractivity contribution is -0.141. The Balaban J connectivity index is 1.90. The smallest absolute Gasteiger partial charge is 0.243 e. The summed E-state index contributed by atoms with van der Waals surface area (Å²) in [6.45, 7) is 6.09. The van der Waals surface area contributed by atoms with Crippen LogP contribution in [0.2, 0.25) is 5.02 Å². The van der Waals surface area contributed by atoms with Crippen LogP contribution >= 0.6 is 27.5 Å². The number of benzene rings is 3. The third kappa shape index (κ3) is 9.85. The van der Waals surface area contributed by atoms with Gasteiger partial charge in [0.25, 0.3) is 0 Å². The summed E-state index contributed by atoms with van der Waals surface area (Å²) in [4.78, 5) is 29.2. The van der Waals surface area contributed by atoms with Gasteiger partial charge in [-0.1, -0.05) is 83.0 Å². The van der Waals surface area contributed by atoms with Gasteiger partial charge in [0.15, 0.2) is 0 Å². The number of sulfonamides is 1. The Kier molecular flexibility index (Phi) is 12.4. The lowest BCUT2D eigenvalue weighted by Crippen LogP contribution is -2.52. The predicted molar refractivity (Wildman–Crippen MR) is 174 cm³/mol. The van der Waals surface area contributed by atoms with Crippen molar-refractivity contribution in [3.05, 3.63) is 99.0 Å². The van der Waals surface area contributed by atoms with E-state index >= 15 is 0 Å². The molecule has 0 saturated heterocycles. The molecule has 226 valence electrons. The van der Waals surface area contributed by atoms with Crippen LogP contribution in [0, 0.1) is 6.92 Å². The largest absolute Gasteiger partial charge is 0.352 e. The lowest BCUT2D eigenvalue weighted by atomic mass is 10.0. The molecule has 42 heavy (non-hydrogen) atoms. The zero-order valence-electron chi connectivity index (χ0n) is 24.5. The molecule has 3 aromatic carbocycles. The fraction of sp³-hybridized carbons (Fsp3) is 0.375. The molecule has 7 nitrogen and oxygen atoms in total. The van der Waals surface area contributed by atoms with Gasteiger partial charge in [0, 0.05) is 41.5 Å². The molecule has 3 rings (SSSR count). The van der Waals surface area contributed by atoms with Crippen LogP contribution in [-0.2, 0) is 32.6 Å². The molecule has 2 amide bonds. The first-order chi connectivity index (χ1) is 19.9. The van der Waals surface area contributed by atoms with E-state index in [-0.39, 0.29) is 43.8 Å². The maximum Gasteiger partial charge on any atom is 0.243 e. The summed E-state index contributed by atoms with van der Waals surface area (Å²) >= 11 is 9.64. The number of anilines is 1. The highest BCUT2D eigenvalue weighted by Crippen LogP contribution is 2.27. The van der Waals surface area contributed by atoms with Crippen molar-refractivity contribution >= 4 is 55.1 Å². The van der Waals surface area contributed by atoms with Crippen LogP contribution in [0.5, 0.6) is 0 Å². The predicted octanol–water partition coefficient (Wildman–Crippen LogP) is 6.51. The molecule has 0 heterocycles. The maximum atomic E-state index is 13.9. The Morgan fingerprint density at radius 2 is 1.67 bits per heavy atom. The van der Waals surface area contributed by atoms with Gasteiger partial charge in [-0.15, -0.1) is 0 Å². The molecular formula is C32H39BrClN3O4S. The van der Waals surface area contributed by atoms with Crippen LogP contribution in [0.25, 0.3) is 0 Å². The summed E-state index contributed by atoms with van der Waals surface area (Å²) in [5.41, 5.74) is 3.07. The number of amides is 2. The van der Waals surface area contributed by atoms with E-state index in [4.69, 9.17) is 11.6 Å². The molecule has 3 aromatic rings. The highest BCUT2D eigenvalue weighted by molar-refractivity contribution is 9.10. The quantitative estimate of drug-likeness (QED) is 0.211. The highest BCUT2D eigenvalue weighted by atomic mass is 79.9. The monoisotopic (exact) mass is 675 g/mol. The zero-order chi connectivity index (χ0) is 30.9. The summed E-state index contributed by atoms with van der Waals surface area (Å²) < 4.78 is 27.7. The number of hydrogen-bond acceptors (Lipinski definition) is 4.